The minimum absolute atomic E-state index is 0.420. The summed E-state index contributed by atoms with van der Waals surface area (Å²) in [6.07, 6.45) is 12.2. The molecule has 3 nitrogen and oxygen atoms in total. The summed E-state index contributed by atoms with van der Waals surface area (Å²) in [4.78, 5) is 10.5. The zero-order chi connectivity index (χ0) is 33.5. The van der Waals surface area contributed by atoms with Crippen LogP contribution in [0.15, 0.2) is 157 Å². The van der Waals surface area contributed by atoms with E-state index in [1.165, 1.54) is 55.3 Å². The van der Waals surface area contributed by atoms with Crippen molar-refractivity contribution in [1.29, 1.82) is 0 Å². The molecule has 3 aliphatic carbocycles. The van der Waals surface area contributed by atoms with Crippen LogP contribution in [0.3, 0.4) is 0 Å². The average Bonchev–Trinajstić information content (AvgIpc) is 3.49. The molecule has 0 fully saturated rings. The lowest BCUT2D eigenvalue weighted by atomic mass is 9.64. The first-order valence-electron chi connectivity index (χ1n) is 17.8. The molecule has 1 atom stereocenters. The number of rotatable bonds is 3. The van der Waals surface area contributed by atoms with Crippen molar-refractivity contribution in [2.45, 2.75) is 24.7 Å². The van der Waals surface area contributed by atoms with Gasteiger partial charge >= 0.3 is 0 Å². The van der Waals surface area contributed by atoms with E-state index in [-0.39, 0.29) is 0 Å². The van der Waals surface area contributed by atoms with Gasteiger partial charge in [-0.15, -0.1) is 0 Å². The molecule has 1 aromatic heterocycles. The van der Waals surface area contributed by atoms with Gasteiger partial charge in [-0.2, -0.15) is 0 Å². The van der Waals surface area contributed by atoms with Crippen molar-refractivity contribution < 1.29 is 4.74 Å². The van der Waals surface area contributed by atoms with Crippen LogP contribution in [-0.4, -0.2) is 9.97 Å². The summed E-state index contributed by atoms with van der Waals surface area (Å²) in [5.74, 6) is 2.43. The van der Waals surface area contributed by atoms with Crippen LogP contribution >= 0.6 is 0 Å². The summed E-state index contributed by atoms with van der Waals surface area (Å²) in [6.45, 7) is 0. The van der Waals surface area contributed by atoms with Gasteiger partial charge in [0.25, 0.3) is 0 Å². The fraction of sp³-hybridized carbons (Fsp3) is 0.0833. The Labute approximate surface area is 297 Å². The maximum atomic E-state index is 6.84. The van der Waals surface area contributed by atoms with Crippen LogP contribution in [0.2, 0.25) is 0 Å². The van der Waals surface area contributed by atoms with E-state index in [0.29, 0.717) is 5.82 Å². The summed E-state index contributed by atoms with van der Waals surface area (Å²) >= 11 is 0. The third kappa shape index (κ3) is 4.12. The standard InChI is InChI=1S/C48H32N2O/c1-2-12-30(13-3-1)42-29-43(35-26-32-16-10-14-31-15-11-17-33(27-35)46(31)32)50-47(49-42)34-24-25-41-45(28-34)51-44-23-9-8-22-40(44)48(41)38-20-6-4-18-36(38)37-19-5-7-21-39(37)48/h1-6,8-14,16-20,22-29H,7,15,21H2. The second-order valence-corrected chi connectivity index (χ2v) is 14.0. The van der Waals surface area contributed by atoms with Crippen LogP contribution in [0.5, 0.6) is 11.5 Å². The highest BCUT2D eigenvalue weighted by Gasteiger charge is 2.52. The predicted octanol–water partition coefficient (Wildman–Crippen LogP) is 11.8. The van der Waals surface area contributed by atoms with Gasteiger partial charge in [0.05, 0.1) is 16.8 Å². The number of ether oxygens (including phenoxy) is 1. The molecule has 0 radical (unpaired) electrons. The van der Waals surface area contributed by atoms with Crippen LogP contribution in [0, 0.1) is 0 Å². The van der Waals surface area contributed by atoms with Gasteiger partial charge in [-0.05, 0) is 93.8 Å². The molecule has 0 N–H and O–H groups in total. The molecule has 3 heteroatoms. The van der Waals surface area contributed by atoms with Crippen molar-refractivity contribution in [1.82, 2.24) is 9.97 Å². The zero-order valence-corrected chi connectivity index (χ0v) is 27.9. The van der Waals surface area contributed by atoms with E-state index in [4.69, 9.17) is 14.7 Å². The average molecular weight is 653 g/mol. The Morgan fingerprint density at radius 1 is 0.569 bits per heavy atom. The van der Waals surface area contributed by atoms with Crippen molar-refractivity contribution >= 4 is 22.4 Å². The molecule has 0 amide bonds. The Hall–Kier alpha value is -6.32. The van der Waals surface area contributed by atoms with Gasteiger partial charge in [0.2, 0.25) is 0 Å². The molecule has 1 spiro atoms. The third-order valence-electron chi connectivity index (χ3n) is 11.2. The van der Waals surface area contributed by atoms with Crippen LogP contribution < -0.4 is 4.74 Å². The maximum absolute atomic E-state index is 6.84. The molecule has 4 aliphatic rings. The highest BCUT2D eigenvalue weighted by atomic mass is 16.5. The topological polar surface area (TPSA) is 35.0 Å². The van der Waals surface area contributed by atoms with E-state index in [1.807, 2.05) is 6.07 Å². The summed E-state index contributed by atoms with van der Waals surface area (Å²) in [7, 11) is 0. The van der Waals surface area contributed by atoms with Crippen molar-refractivity contribution in [3.05, 3.63) is 191 Å². The van der Waals surface area contributed by atoms with Gasteiger partial charge < -0.3 is 4.74 Å². The molecular formula is C48H32N2O. The van der Waals surface area contributed by atoms with E-state index in [9.17, 15) is 0 Å². The quantitative estimate of drug-likeness (QED) is 0.191. The smallest absolute Gasteiger partial charge is 0.160 e. The summed E-state index contributed by atoms with van der Waals surface area (Å²) in [6, 6.07) is 47.9. The molecule has 240 valence electrons. The number of aromatic nitrogens is 2. The van der Waals surface area contributed by atoms with E-state index in [0.717, 1.165) is 58.8 Å². The van der Waals surface area contributed by atoms with Crippen LogP contribution in [-0.2, 0) is 11.8 Å². The lowest BCUT2D eigenvalue weighted by Crippen LogP contribution is -2.33. The maximum Gasteiger partial charge on any atom is 0.160 e. The van der Waals surface area contributed by atoms with Crippen molar-refractivity contribution in [3.8, 4) is 45.4 Å². The third-order valence-corrected chi connectivity index (χ3v) is 11.2. The SMILES string of the molecule is C1=CC2=C(CC1)C1(c3ccccc3Oc3cc(-c4nc(-c5ccccc5)cc(-c5cc6c7c(cccc7c5)CC=C6)n4)ccc31)c1ccccc12. The van der Waals surface area contributed by atoms with Gasteiger partial charge in [0.15, 0.2) is 5.82 Å². The highest BCUT2D eigenvalue weighted by molar-refractivity contribution is 5.98. The number of hydrogen-bond donors (Lipinski definition) is 0. The van der Waals surface area contributed by atoms with Gasteiger partial charge in [-0.25, -0.2) is 9.97 Å². The Bertz CT molecular complexity index is 2700. The van der Waals surface area contributed by atoms with Gasteiger partial charge in [0, 0.05) is 27.8 Å². The van der Waals surface area contributed by atoms with Gasteiger partial charge in [0.1, 0.15) is 11.5 Å². The molecular weight excluding hydrogens is 621 g/mol. The van der Waals surface area contributed by atoms with Crippen molar-refractivity contribution in [2.75, 3.05) is 0 Å². The lowest BCUT2D eigenvalue weighted by molar-refractivity contribution is 0.432. The van der Waals surface area contributed by atoms with E-state index in [2.05, 4.69) is 152 Å². The number of allylic oxidation sites excluding steroid dienone is 5. The zero-order valence-electron chi connectivity index (χ0n) is 27.9. The first kappa shape index (κ1) is 28.5. The fourth-order valence-electron chi connectivity index (χ4n) is 9.10. The molecule has 1 unspecified atom stereocenters. The molecule has 11 rings (SSSR count). The summed E-state index contributed by atoms with van der Waals surface area (Å²) < 4.78 is 6.84. The molecule has 6 aromatic carbocycles. The van der Waals surface area contributed by atoms with Gasteiger partial charge in [-0.1, -0.05) is 127 Å². The normalized spacial score (nSPS) is 17.6. The Balaban J connectivity index is 1.13. The minimum atomic E-state index is -0.420. The number of fused-ring (bicyclic) bond motifs is 8. The minimum Gasteiger partial charge on any atom is -0.457 e. The lowest BCUT2D eigenvalue weighted by Gasteiger charge is -2.41. The molecule has 1 aliphatic heterocycles. The Morgan fingerprint density at radius 3 is 2.29 bits per heavy atom. The number of hydrogen-bond acceptors (Lipinski definition) is 3. The van der Waals surface area contributed by atoms with Crippen LogP contribution in [0.25, 0.3) is 56.3 Å². The molecule has 2 heterocycles. The number of para-hydroxylation sites is 1. The first-order chi connectivity index (χ1) is 25.3. The highest BCUT2D eigenvalue weighted by Crippen LogP contribution is 2.63. The van der Waals surface area contributed by atoms with E-state index < -0.39 is 5.41 Å². The fourth-order valence-corrected chi connectivity index (χ4v) is 9.10. The molecule has 51 heavy (non-hydrogen) atoms. The number of benzene rings is 6. The molecule has 7 aromatic rings. The van der Waals surface area contributed by atoms with Crippen LogP contribution in [0.1, 0.15) is 46.2 Å². The van der Waals surface area contributed by atoms with Crippen LogP contribution in [0.4, 0.5) is 0 Å². The molecule has 0 bridgehead atoms. The monoisotopic (exact) mass is 652 g/mol. The first-order valence-corrected chi connectivity index (χ1v) is 17.8. The predicted molar refractivity (Wildman–Crippen MR) is 207 cm³/mol. The largest absolute Gasteiger partial charge is 0.457 e. The second kappa shape index (κ2) is 10.8. The van der Waals surface area contributed by atoms with Crippen molar-refractivity contribution in [2.24, 2.45) is 0 Å². The number of nitrogens with zero attached hydrogens (tertiary/aromatic N) is 2. The Morgan fingerprint density at radius 2 is 1.37 bits per heavy atom. The Kier molecular flexibility index (Phi) is 6.06. The summed E-state index contributed by atoms with van der Waals surface area (Å²) in [5.41, 5.74) is 14.9. The van der Waals surface area contributed by atoms with E-state index in [1.54, 1.807) is 0 Å². The van der Waals surface area contributed by atoms with E-state index >= 15 is 0 Å². The second-order valence-electron chi connectivity index (χ2n) is 14.0. The summed E-state index contributed by atoms with van der Waals surface area (Å²) in [5, 5.41) is 2.57. The molecule has 0 saturated carbocycles. The molecule has 0 saturated heterocycles. The van der Waals surface area contributed by atoms with Gasteiger partial charge in [-0.3, -0.25) is 0 Å². The van der Waals surface area contributed by atoms with Crippen molar-refractivity contribution in [3.63, 3.8) is 0 Å².